The van der Waals surface area contributed by atoms with Gasteiger partial charge < -0.3 is 19.4 Å². The van der Waals surface area contributed by atoms with Crippen molar-refractivity contribution in [1.82, 2.24) is 25.0 Å². The Morgan fingerprint density at radius 2 is 1.64 bits per heavy atom. The lowest BCUT2D eigenvalue weighted by molar-refractivity contribution is 0.0488. The molecule has 5 rings (SSSR count). The maximum atomic E-state index is 12.9. The summed E-state index contributed by atoms with van der Waals surface area (Å²) in [6, 6.07) is 19.6. The summed E-state index contributed by atoms with van der Waals surface area (Å²) >= 11 is 0. The Morgan fingerprint density at radius 1 is 0.976 bits per heavy atom. The lowest BCUT2D eigenvalue weighted by Gasteiger charge is -2.40. The number of carbonyl (C=O) groups is 1. The summed E-state index contributed by atoms with van der Waals surface area (Å²) in [7, 11) is 0. The highest BCUT2D eigenvalue weighted by molar-refractivity contribution is 5.68. The Hall–Kier alpha value is -3.39. The molecule has 3 aromatic rings. The van der Waals surface area contributed by atoms with Crippen LogP contribution in [0.5, 0.6) is 5.75 Å². The second-order valence-corrected chi connectivity index (χ2v) is 13.2. The smallest absolute Gasteiger partial charge is 0.408 e. The van der Waals surface area contributed by atoms with Crippen molar-refractivity contribution in [2.24, 2.45) is 0 Å². The number of rotatable bonds is 10. The van der Waals surface area contributed by atoms with Crippen molar-refractivity contribution in [3.63, 3.8) is 0 Å². The number of hydrogen-bond donors (Lipinski definition) is 1. The van der Waals surface area contributed by atoms with E-state index in [1.807, 2.05) is 51.1 Å². The number of amides is 1. The Kier molecular flexibility index (Phi) is 9.21. The first-order valence-corrected chi connectivity index (χ1v) is 15.5. The topological polar surface area (TPSA) is 81.5 Å². The first-order valence-electron chi connectivity index (χ1n) is 15.5. The van der Waals surface area contributed by atoms with Gasteiger partial charge in [-0.3, -0.25) is 4.90 Å². The van der Waals surface area contributed by atoms with Crippen LogP contribution in [0.4, 0.5) is 4.79 Å². The number of nitrogens with zero attached hydrogens (tertiary/aromatic N) is 4. The number of alkyl carbamates (subject to hydrolysis) is 1. The molecule has 2 fully saturated rings. The van der Waals surface area contributed by atoms with Crippen LogP contribution in [0.3, 0.4) is 0 Å². The largest absolute Gasteiger partial charge is 0.489 e. The maximum absolute atomic E-state index is 12.9. The van der Waals surface area contributed by atoms with E-state index in [-0.39, 0.29) is 12.1 Å². The van der Waals surface area contributed by atoms with E-state index in [1.165, 1.54) is 12.8 Å². The number of nitrogens with one attached hydrogen (secondary N) is 1. The first kappa shape index (κ1) is 30.1. The van der Waals surface area contributed by atoms with Crippen LogP contribution in [0.2, 0.25) is 0 Å². The molecular formula is C34H47N5O3. The number of benzene rings is 2. The van der Waals surface area contributed by atoms with Crippen molar-refractivity contribution in [2.45, 2.75) is 116 Å². The van der Waals surface area contributed by atoms with E-state index in [0.717, 1.165) is 54.3 Å². The quantitative estimate of drug-likeness (QED) is 0.278. The number of hydrogen-bond acceptors (Lipinski definition) is 6. The monoisotopic (exact) mass is 573 g/mol. The summed E-state index contributed by atoms with van der Waals surface area (Å²) in [5.74, 6) is 3.29. The molecule has 2 aliphatic rings. The van der Waals surface area contributed by atoms with E-state index in [1.54, 1.807) is 0 Å². The summed E-state index contributed by atoms with van der Waals surface area (Å²) in [6.07, 6.45) is 5.10. The molecule has 8 heteroatoms. The Balaban J connectivity index is 1.25. The first-order chi connectivity index (χ1) is 20.1. The highest BCUT2D eigenvalue weighted by atomic mass is 16.6. The van der Waals surface area contributed by atoms with Gasteiger partial charge in [-0.2, -0.15) is 0 Å². The van der Waals surface area contributed by atoms with Crippen LogP contribution in [0.15, 0.2) is 54.6 Å². The molecule has 2 bridgehead atoms. The molecule has 1 amide bonds. The minimum atomic E-state index is -0.556. The van der Waals surface area contributed by atoms with Crippen molar-refractivity contribution in [3.05, 3.63) is 77.4 Å². The zero-order chi connectivity index (χ0) is 29.9. The number of fused-ring (bicyclic) bond motifs is 2. The zero-order valence-electron chi connectivity index (χ0n) is 26.0. The van der Waals surface area contributed by atoms with Gasteiger partial charge in [0, 0.05) is 30.6 Å². The molecular weight excluding hydrogens is 526 g/mol. The summed E-state index contributed by atoms with van der Waals surface area (Å²) < 4.78 is 14.1. The van der Waals surface area contributed by atoms with Gasteiger partial charge >= 0.3 is 6.09 Å². The summed E-state index contributed by atoms with van der Waals surface area (Å²) in [4.78, 5) is 15.6. The molecule has 1 N–H and O–H groups in total. The van der Waals surface area contributed by atoms with Gasteiger partial charge in [-0.25, -0.2) is 4.79 Å². The fourth-order valence-corrected chi connectivity index (χ4v) is 6.64. The van der Waals surface area contributed by atoms with E-state index in [2.05, 4.69) is 70.0 Å². The normalized spacial score (nSPS) is 21.4. The zero-order valence-corrected chi connectivity index (χ0v) is 26.0. The molecule has 8 nitrogen and oxygen atoms in total. The van der Waals surface area contributed by atoms with Crippen LogP contribution in [0.1, 0.15) is 108 Å². The van der Waals surface area contributed by atoms with Gasteiger partial charge in [-0.1, -0.05) is 56.3 Å². The molecule has 1 aromatic heterocycles. The fourth-order valence-electron chi connectivity index (χ4n) is 6.64. The molecule has 2 aliphatic heterocycles. The van der Waals surface area contributed by atoms with Gasteiger partial charge in [-0.05, 0) is 83.1 Å². The van der Waals surface area contributed by atoms with E-state index in [9.17, 15) is 4.79 Å². The van der Waals surface area contributed by atoms with Crippen molar-refractivity contribution in [1.29, 1.82) is 0 Å². The van der Waals surface area contributed by atoms with Crippen LogP contribution in [0, 0.1) is 6.92 Å². The van der Waals surface area contributed by atoms with E-state index >= 15 is 0 Å². The lowest BCUT2D eigenvalue weighted by atomic mass is 9.95. The standard InChI is InChI=1S/C34H47N5O3/c1-23(2)32-37-36-24(3)39(32)29-20-27-14-15-28(21-29)38(27)19-18-31(35-33(40)42-34(4,5)6)26-12-16-30(17-13-26)41-22-25-10-8-7-9-11-25/h7-13,16-17,23,27-29,31H,14-15,18-22H2,1-6H3,(H,35,40)/t27-,28+,29?,31-/m0/s1. The van der Waals surface area contributed by atoms with Crippen molar-refractivity contribution in [3.8, 4) is 5.75 Å². The second kappa shape index (κ2) is 12.9. The Morgan fingerprint density at radius 3 is 2.26 bits per heavy atom. The third-order valence-corrected chi connectivity index (χ3v) is 8.53. The predicted octanol–water partition coefficient (Wildman–Crippen LogP) is 7.11. The van der Waals surface area contributed by atoms with E-state index in [0.29, 0.717) is 30.7 Å². The minimum Gasteiger partial charge on any atom is -0.489 e. The van der Waals surface area contributed by atoms with Gasteiger partial charge in [0.05, 0.1) is 6.04 Å². The summed E-state index contributed by atoms with van der Waals surface area (Å²) in [5, 5.41) is 12.1. The molecule has 0 saturated carbocycles. The number of carbonyl (C=O) groups excluding carboxylic acids is 1. The molecule has 2 saturated heterocycles. The molecule has 1 unspecified atom stereocenters. The molecule has 3 heterocycles. The third-order valence-electron chi connectivity index (χ3n) is 8.53. The SMILES string of the molecule is Cc1nnc(C(C)C)n1C1C[C@H]2CC[C@@H](C1)N2CC[C@H](NC(=O)OC(C)(C)C)c1ccc(OCc2ccccc2)cc1. The lowest BCUT2D eigenvalue weighted by Crippen LogP contribution is -2.45. The maximum Gasteiger partial charge on any atom is 0.408 e. The van der Waals surface area contributed by atoms with Crippen LogP contribution in [-0.2, 0) is 11.3 Å². The second-order valence-electron chi connectivity index (χ2n) is 13.2. The van der Waals surface area contributed by atoms with Gasteiger partial charge in [0.25, 0.3) is 0 Å². The van der Waals surface area contributed by atoms with Gasteiger partial charge in [0.2, 0.25) is 0 Å². The van der Waals surface area contributed by atoms with Crippen LogP contribution >= 0.6 is 0 Å². The Bertz CT molecular complexity index is 1300. The molecule has 0 radical (unpaired) electrons. The van der Waals surface area contributed by atoms with Crippen molar-refractivity contribution in [2.75, 3.05) is 6.54 Å². The summed E-state index contributed by atoms with van der Waals surface area (Å²) in [6.45, 7) is 13.6. The number of aryl methyl sites for hydroxylation is 1. The van der Waals surface area contributed by atoms with Crippen molar-refractivity contribution >= 4 is 6.09 Å². The minimum absolute atomic E-state index is 0.159. The highest BCUT2D eigenvalue weighted by Crippen LogP contribution is 2.42. The fraction of sp³-hybridized carbons (Fsp3) is 0.559. The number of ether oxygens (including phenoxy) is 2. The average molecular weight is 574 g/mol. The number of aromatic nitrogens is 3. The third kappa shape index (κ3) is 7.33. The number of piperidine rings is 1. The van der Waals surface area contributed by atoms with Crippen LogP contribution in [-0.4, -0.2) is 50.0 Å². The molecule has 2 aromatic carbocycles. The van der Waals surface area contributed by atoms with Gasteiger partial charge in [0.1, 0.15) is 29.6 Å². The molecule has 42 heavy (non-hydrogen) atoms. The Labute approximate surface area is 250 Å². The molecule has 0 spiro atoms. The van der Waals surface area contributed by atoms with Crippen LogP contribution in [0.25, 0.3) is 0 Å². The average Bonchev–Trinajstić information content (AvgIpc) is 3.44. The molecule has 0 aliphatic carbocycles. The van der Waals surface area contributed by atoms with E-state index < -0.39 is 5.60 Å². The summed E-state index contributed by atoms with van der Waals surface area (Å²) in [5.41, 5.74) is 1.63. The van der Waals surface area contributed by atoms with Crippen LogP contribution < -0.4 is 10.1 Å². The van der Waals surface area contributed by atoms with E-state index in [4.69, 9.17) is 9.47 Å². The predicted molar refractivity (Wildman–Crippen MR) is 165 cm³/mol. The highest BCUT2D eigenvalue weighted by Gasteiger charge is 2.42. The van der Waals surface area contributed by atoms with Gasteiger partial charge in [-0.15, -0.1) is 10.2 Å². The molecule has 4 atom stereocenters. The van der Waals surface area contributed by atoms with Gasteiger partial charge in [0.15, 0.2) is 0 Å². The molecule has 226 valence electrons. The van der Waals surface area contributed by atoms with Crippen molar-refractivity contribution < 1.29 is 14.3 Å².